The first-order chi connectivity index (χ1) is 8.74. The largest absolute Gasteiger partial charge is 0.383 e. The lowest BCUT2D eigenvalue weighted by Crippen LogP contribution is -2.09. The molecule has 0 amide bonds. The lowest BCUT2D eigenvalue weighted by molar-refractivity contribution is 0.628. The van der Waals surface area contributed by atoms with Crippen LogP contribution < -0.4 is 11.1 Å². The Labute approximate surface area is 102 Å². The van der Waals surface area contributed by atoms with Gasteiger partial charge < -0.3 is 11.1 Å². The van der Waals surface area contributed by atoms with Crippen molar-refractivity contribution in [2.75, 3.05) is 11.1 Å². The van der Waals surface area contributed by atoms with Gasteiger partial charge in [-0.1, -0.05) is 0 Å². The molecule has 0 fully saturated rings. The molecule has 1 aromatic heterocycles. The Morgan fingerprint density at radius 1 is 1.17 bits per heavy atom. The van der Waals surface area contributed by atoms with Gasteiger partial charge in [-0.3, -0.25) is 0 Å². The zero-order valence-electron chi connectivity index (χ0n) is 9.21. The van der Waals surface area contributed by atoms with Crippen molar-refractivity contribution in [3.63, 3.8) is 0 Å². The number of fused-ring (bicyclic) bond motifs is 1. The van der Waals surface area contributed by atoms with Gasteiger partial charge in [0.05, 0.1) is 5.56 Å². The quantitative estimate of drug-likeness (QED) is 0.848. The summed E-state index contributed by atoms with van der Waals surface area (Å²) in [5.41, 5.74) is 7.13. The fourth-order valence-corrected chi connectivity index (χ4v) is 1.72. The Balaban J connectivity index is 1.89. The Hall–Kier alpha value is -2.57. The van der Waals surface area contributed by atoms with Crippen LogP contribution >= 0.6 is 0 Å². The normalized spacial score (nSPS) is 16.6. The number of rotatable bonds is 2. The molecule has 7 heteroatoms. The average molecular weight is 244 g/mol. The van der Waals surface area contributed by atoms with Gasteiger partial charge in [0.2, 0.25) is 0 Å². The minimum atomic E-state index is -0.438. The standard InChI is InChI=1S/C11H9FN6/c12-6-1-3-7(4-2-6)16-11-8-9(13)14-5-15-10(8)17-18-11/h1-5,11,16H,(H2,13,14,15). The maximum absolute atomic E-state index is 12.8. The summed E-state index contributed by atoms with van der Waals surface area (Å²) < 4.78 is 12.8. The van der Waals surface area contributed by atoms with Gasteiger partial charge in [0.25, 0.3) is 0 Å². The van der Waals surface area contributed by atoms with Crippen molar-refractivity contribution in [1.82, 2.24) is 9.97 Å². The molecule has 90 valence electrons. The fourth-order valence-electron chi connectivity index (χ4n) is 1.72. The zero-order valence-corrected chi connectivity index (χ0v) is 9.21. The summed E-state index contributed by atoms with van der Waals surface area (Å²) in [5.74, 6) is 0.503. The van der Waals surface area contributed by atoms with E-state index in [1.54, 1.807) is 12.1 Å². The van der Waals surface area contributed by atoms with Gasteiger partial charge in [-0.25, -0.2) is 14.4 Å². The van der Waals surface area contributed by atoms with Crippen molar-refractivity contribution in [3.8, 4) is 0 Å². The number of aromatic nitrogens is 2. The van der Waals surface area contributed by atoms with Crippen LogP contribution in [0.4, 0.5) is 21.7 Å². The number of nitrogens with one attached hydrogen (secondary N) is 1. The van der Waals surface area contributed by atoms with Crippen LogP contribution in [0.1, 0.15) is 11.7 Å². The predicted molar refractivity (Wildman–Crippen MR) is 63.7 cm³/mol. The van der Waals surface area contributed by atoms with Crippen molar-refractivity contribution in [1.29, 1.82) is 0 Å². The summed E-state index contributed by atoms with van der Waals surface area (Å²) in [4.78, 5) is 7.88. The fraction of sp³-hybridized carbons (Fsp3) is 0.0909. The van der Waals surface area contributed by atoms with Gasteiger partial charge >= 0.3 is 0 Å². The average Bonchev–Trinajstić information content (AvgIpc) is 2.77. The highest BCUT2D eigenvalue weighted by Crippen LogP contribution is 2.36. The summed E-state index contributed by atoms with van der Waals surface area (Å²) >= 11 is 0. The minimum absolute atomic E-state index is 0.295. The molecule has 1 unspecified atom stereocenters. The van der Waals surface area contributed by atoms with E-state index >= 15 is 0 Å². The van der Waals surface area contributed by atoms with Crippen LogP contribution in [0.5, 0.6) is 0 Å². The summed E-state index contributed by atoms with van der Waals surface area (Å²) in [6.45, 7) is 0. The van der Waals surface area contributed by atoms with Crippen molar-refractivity contribution in [2.24, 2.45) is 10.2 Å². The molecule has 2 heterocycles. The van der Waals surface area contributed by atoms with Crippen molar-refractivity contribution in [3.05, 3.63) is 42.0 Å². The first-order valence-corrected chi connectivity index (χ1v) is 5.27. The third-order valence-corrected chi connectivity index (χ3v) is 2.58. The van der Waals surface area contributed by atoms with Gasteiger partial charge in [-0.15, -0.1) is 5.11 Å². The Kier molecular flexibility index (Phi) is 2.36. The molecule has 0 saturated carbocycles. The molecule has 0 saturated heterocycles. The molecule has 0 bridgehead atoms. The molecule has 0 spiro atoms. The number of nitrogens with zero attached hydrogens (tertiary/aromatic N) is 4. The van der Waals surface area contributed by atoms with Crippen LogP contribution in [0.3, 0.4) is 0 Å². The summed E-state index contributed by atoms with van der Waals surface area (Å²) in [6.07, 6.45) is 0.902. The van der Waals surface area contributed by atoms with E-state index in [-0.39, 0.29) is 5.82 Å². The number of azo groups is 1. The molecule has 1 aliphatic heterocycles. The van der Waals surface area contributed by atoms with Gasteiger partial charge in [-0.2, -0.15) is 5.11 Å². The van der Waals surface area contributed by atoms with Crippen LogP contribution in [0.2, 0.25) is 0 Å². The van der Waals surface area contributed by atoms with E-state index in [2.05, 4.69) is 25.5 Å². The lowest BCUT2D eigenvalue weighted by atomic mass is 10.2. The van der Waals surface area contributed by atoms with E-state index in [4.69, 9.17) is 5.73 Å². The van der Waals surface area contributed by atoms with Gasteiger partial charge in [0, 0.05) is 5.69 Å². The van der Waals surface area contributed by atoms with Crippen LogP contribution in [-0.2, 0) is 0 Å². The van der Waals surface area contributed by atoms with E-state index in [9.17, 15) is 4.39 Å². The number of hydrogen-bond acceptors (Lipinski definition) is 6. The van der Waals surface area contributed by atoms with Crippen molar-refractivity contribution in [2.45, 2.75) is 6.17 Å². The molecule has 0 aliphatic carbocycles. The minimum Gasteiger partial charge on any atom is -0.383 e. The summed E-state index contributed by atoms with van der Waals surface area (Å²) in [5, 5.41) is 11.0. The van der Waals surface area contributed by atoms with Crippen LogP contribution in [0, 0.1) is 5.82 Å². The Morgan fingerprint density at radius 2 is 1.94 bits per heavy atom. The van der Waals surface area contributed by atoms with E-state index in [0.29, 0.717) is 17.2 Å². The second-order valence-corrected chi connectivity index (χ2v) is 3.77. The zero-order chi connectivity index (χ0) is 12.5. The number of nitrogen functional groups attached to an aromatic ring is 1. The predicted octanol–water partition coefficient (Wildman–Crippen LogP) is 2.41. The summed E-state index contributed by atoms with van der Waals surface area (Å²) in [6, 6.07) is 5.95. The first kappa shape index (κ1) is 10.6. The number of hydrogen-bond donors (Lipinski definition) is 2. The van der Waals surface area contributed by atoms with Crippen LogP contribution in [0.15, 0.2) is 40.8 Å². The van der Waals surface area contributed by atoms with E-state index in [1.807, 2.05) is 0 Å². The van der Waals surface area contributed by atoms with Crippen molar-refractivity contribution >= 4 is 17.3 Å². The number of nitrogens with two attached hydrogens (primary N) is 1. The number of benzene rings is 1. The smallest absolute Gasteiger partial charge is 0.186 e. The van der Waals surface area contributed by atoms with Crippen LogP contribution in [-0.4, -0.2) is 9.97 Å². The monoisotopic (exact) mass is 244 g/mol. The van der Waals surface area contributed by atoms with E-state index in [1.165, 1.54) is 18.5 Å². The maximum Gasteiger partial charge on any atom is 0.186 e. The van der Waals surface area contributed by atoms with E-state index in [0.717, 1.165) is 5.69 Å². The molecule has 18 heavy (non-hydrogen) atoms. The Morgan fingerprint density at radius 3 is 2.72 bits per heavy atom. The van der Waals surface area contributed by atoms with Crippen molar-refractivity contribution < 1.29 is 4.39 Å². The second-order valence-electron chi connectivity index (χ2n) is 3.77. The third kappa shape index (κ3) is 1.75. The highest BCUT2D eigenvalue weighted by Gasteiger charge is 2.25. The van der Waals surface area contributed by atoms with Gasteiger partial charge in [0.15, 0.2) is 12.0 Å². The molecular formula is C11H9FN6. The topological polar surface area (TPSA) is 88.5 Å². The van der Waals surface area contributed by atoms with Gasteiger partial charge in [-0.05, 0) is 24.3 Å². The highest BCUT2D eigenvalue weighted by molar-refractivity contribution is 5.58. The Bertz CT molecular complexity index is 609. The maximum atomic E-state index is 12.8. The van der Waals surface area contributed by atoms with Gasteiger partial charge in [0.1, 0.15) is 18.0 Å². The first-order valence-electron chi connectivity index (χ1n) is 5.27. The number of anilines is 2. The lowest BCUT2D eigenvalue weighted by Gasteiger charge is -2.12. The summed E-state index contributed by atoms with van der Waals surface area (Å²) in [7, 11) is 0. The molecular weight excluding hydrogens is 235 g/mol. The van der Waals surface area contributed by atoms with E-state index < -0.39 is 6.17 Å². The molecule has 0 radical (unpaired) electrons. The third-order valence-electron chi connectivity index (χ3n) is 2.58. The molecule has 1 atom stereocenters. The second kappa shape index (κ2) is 4.02. The molecule has 3 rings (SSSR count). The SMILES string of the molecule is Nc1ncnc2c1C(Nc1ccc(F)cc1)N=N2. The molecule has 6 nitrogen and oxygen atoms in total. The molecule has 1 aliphatic rings. The molecule has 2 aromatic rings. The highest BCUT2D eigenvalue weighted by atomic mass is 19.1. The number of halogens is 1. The molecule has 1 aromatic carbocycles. The van der Waals surface area contributed by atoms with Crippen LogP contribution in [0.25, 0.3) is 0 Å². The molecule has 3 N–H and O–H groups in total.